The molecule has 0 aromatic carbocycles. The van der Waals surface area contributed by atoms with Crippen molar-refractivity contribution < 1.29 is 9.53 Å². The van der Waals surface area contributed by atoms with Crippen LogP contribution in [0.25, 0.3) is 0 Å². The second-order valence-corrected chi connectivity index (χ2v) is 3.13. The van der Waals surface area contributed by atoms with Gasteiger partial charge in [-0.05, 0) is 25.7 Å². The first-order valence-electron chi connectivity index (χ1n) is 3.78. The molecule has 56 valence electrons. The molecule has 3 heteroatoms. The third-order valence-corrected chi connectivity index (χ3v) is 2.38. The molecule has 0 bridgehead atoms. The molecule has 0 unspecified atom stereocenters. The van der Waals surface area contributed by atoms with E-state index in [1.807, 2.05) is 0 Å². The molecular weight excluding hydrogens is 130 g/mol. The number of carbonyl (C=O) groups is 1. The number of nitrogens with one attached hydrogen (secondary N) is 1. The smallest absolute Gasteiger partial charge is 0.407 e. The van der Waals surface area contributed by atoms with E-state index in [1.54, 1.807) is 0 Å². The summed E-state index contributed by atoms with van der Waals surface area (Å²) in [5.74, 6) is 0. The number of carbonyl (C=O) groups excluding carboxylic acids is 1. The van der Waals surface area contributed by atoms with Crippen molar-refractivity contribution in [1.29, 1.82) is 0 Å². The number of alkyl carbamates (subject to hydrolysis) is 1. The van der Waals surface area contributed by atoms with Crippen LogP contribution in [0.3, 0.4) is 0 Å². The highest BCUT2D eigenvalue weighted by molar-refractivity contribution is 5.70. The van der Waals surface area contributed by atoms with Crippen LogP contribution in [-0.2, 0) is 4.74 Å². The Morgan fingerprint density at radius 1 is 1.40 bits per heavy atom. The second kappa shape index (κ2) is 1.87. The summed E-state index contributed by atoms with van der Waals surface area (Å²) in [5.41, 5.74) is -0.100. The van der Waals surface area contributed by atoms with Gasteiger partial charge in [-0.2, -0.15) is 0 Å². The third kappa shape index (κ3) is 0.770. The van der Waals surface area contributed by atoms with E-state index in [1.165, 1.54) is 12.8 Å². The quantitative estimate of drug-likeness (QED) is 0.547. The Labute approximate surface area is 59.7 Å². The molecule has 10 heavy (non-hydrogen) atoms. The molecule has 2 rings (SSSR count). The second-order valence-electron chi connectivity index (χ2n) is 3.13. The fraction of sp³-hybridized carbons (Fsp3) is 0.857. The first kappa shape index (κ1) is 6.01. The molecule has 0 atom stereocenters. The topological polar surface area (TPSA) is 38.3 Å². The maximum absolute atomic E-state index is 10.7. The molecule has 0 aromatic rings. The molecule has 1 amide bonds. The average molecular weight is 141 g/mol. The molecule has 2 aliphatic rings. The van der Waals surface area contributed by atoms with Gasteiger partial charge in [-0.15, -0.1) is 0 Å². The van der Waals surface area contributed by atoms with E-state index < -0.39 is 0 Å². The molecule has 3 nitrogen and oxygen atoms in total. The van der Waals surface area contributed by atoms with Crippen LogP contribution >= 0.6 is 0 Å². The lowest BCUT2D eigenvalue weighted by Gasteiger charge is -2.18. The van der Waals surface area contributed by atoms with Crippen molar-refractivity contribution in [2.24, 2.45) is 0 Å². The minimum atomic E-state index is -0.234. The minimum absolute atomic E-state index is 0.100. The molecule has 0 radical (unpaired) electrons. The van der Waals surface area contributed by atoms with Crippen molar-refractivity contribution in [3.63, 3.8) is 0 Å². The van der Waals surface area contributed by atoms with E-state index in [9.17, 15) is 4.79 Å². The molecule has 1 saturated carbocycles. The summed E-state index contributed by atoms with van der Waals surface area (Å²) in [4.78, 5) is 10.7. The van der Waals surface area contributed by atoms with E-state index in [0.29, 0.717) is 0 Å². The zero-order valence-corrected chi connectivity index (χ0v) is 5.85. The molecule has 1 aliphatic heterocycles. The zero-order chi connectivity index (χ0) is 7.03. The predicted octanol–water partition coefficient (Wildman–Crippen LogP) is 1.04. The van der Waals surface area contributed by atoms with E-state index in [-0.39, 0.29) is 11.7 Å². The number of hydrogen-bond donors (Lipinski definition) is 1. The molecule has 1 aliphatic carbocycles. The Morgan fingerprint density at radius 2 is 2.10 bits per heavy atom. The zero-order valence-electron chi connectivity index (χ0n) is 5.85. The van der Waals surface area contributed by atoms with Crippen molar-refractivity contribution >= 4 is 6.09 Å². The van der Waals surface area contributed by atoms with Crippen molar-refractivity contribution in [3.05, 3.63) is 0 Å². The van der Waals surface area contributed by atoms with Gasteiger partial charge in [0.05, 0.1) is 6.54 Å². The SMILES string of the molecule is O=C1NCC2(CCCC2)O1. The van der Waals surface area contributed by atoms with Gasteiger partial charge in [0, 0.05) is 0 Å². The lowest BCUT2D eigenvalue weighted by molar-refractivity contribution is 0.0629. The fourth-order valence-electron chi connectivity index (χ4n) is 1.80. The maximum Gasteiger partial charge on any atom is 0.407 e. The monoisotopic (exact) mass is 141 g/mol. The first-order chi connectivity index (χ1) is 4.81. The summed E-state index contributed by atoms with van der Waals surface area (Å²) in [6.45, 7) is 0.728. The maximum atomic E-state index is 10.7. The number of rotatable bonds is 0. The van der Waals surface area contributed by atoms with Gasteiger partial charge in [0.1, 0.15) is 5.60 Å². The van der Waals surface area contributed by atoms with Gasteiger partial charge in [-0.1, -0.05) is 0 Å². The Balaban J connectivity index is 2.09. The van der Waals surface area contributed by atoms with E-state index in [4.69, 9.17) is 4.74 Å². The number of ether oxygens (including phenoxy) is 1. The van der Waals surface area contributed by atoms with Crippen molar-refractivity contribution in [2.75, 3.05) is 6.54 Å². The standard InChI is InChI=1S/C7H11NO2/c9-6-8-5-7(10-6)3-1-2-4-7/h1-5H2,(H,8,9). The van der Waals surface area contributed by atoms with Crippen LogP contribution in [0, 0.1) is 0 Å². The van der Waals surface area contributed by atoms with Crippen molar-refractivity contribution in [2.45, 2.75) is 31.3 Å². The molecule has 1 spiro atoms. The normalized spacial score (nSPS) is 28.6. The summed E-state index contributed by atoms with van der Waals surface area (Å²) in [6.07, 6.45) is 4.27. The third-order valence-electron chi connectivity index (χ3n) is 2.38. The fourth-order valence-corrected chi connectivity index (χ4v) is 1.80. The van der Waals surface area contributed by atoms with Gasteiger partial charge >= 0.3 is 6.09 Å². The Kier molecular flexibility index (Phi) is 1.13. The highest BCUT2D eigenvalue weighted by Crippen LogP contribution is 2.34. The first-order valence-corrected chi connectivity index (χ1v) is 3.78. The van der Waals surface area contributed by atoms with Gasteiger partial charge in [-0.3, -0.25) is 0 Å². The lowest BCUT2D eigenvalue weighted by atomic mass is 10.0. The molecule has 1 saturated heterocycles. The number of hydrogen-bond acceptors (Lipinski definition) is 2. The van der Waals surface area contributed by atoms with Gasteiger partial charge < -0.3 is 10.1 Å². The predicted molar refractivity (Wildman–Crippen MR) is 35.7 cm³/mol. The van der Waals surface area contributed by atoms with Crippen molar-refractivity contribution in [1.82, 2.24) is 5.32 Å². The van der Waals surface area contributed by atoms with Crippen LogP contribution in [0.1, 0.15) is 25.7 Å². The van der Waals surface area contributed by atoms with E-state index >= 15 is 0 Å². The lowest BCUT2D eigenvalue weighted by Crippen LogP contribution is -2.28. The van der Waals surface area contributed by atoms with Crippen molar-refractivity contribution in [3.8, 4) is 0 Å². The van der Waals surface area contributed by atoms with Gasteiger partial charge in [-0.25, -0.2) is 4.79 Å². The molecular formula is C7H11NO2. The molecule has 1 N–H and O–H groups in total. The number of amides is 1. The summed E-state index contributed by atoms with van der Waals surface area (Å²) in [5, 5.41) is 2.69. The highest BCUT2D eigenvalue weighted by Gasteiger charge is 2.42. The average Bonchev–Trinajstić information content (AvgIpc) is 2.46. The highest BCUT2D eigenvalue weighted by atomic mass is 16.6. The van der Waals surface area contributed by atoms with E-state index in [0.717, 1.165) is 19.4 Å². The van der Waals surface area contributed by atoms with Gasteiger partial charge in [0.25, 0.3) is 0 Å². The van der Waals surface area contributed by atoms with Crippen LogP contribution in [0.5, 0.6) is 0 Å². The van der Waals surface area contributed by atoms with E-state index in [2.05, 4.69) is 5.32 Å². The van der Waals surface area contributed by atoms with Crippen LogP contribution in [0.4, 0.5) is 4.79 Å². The van der Waals surface area contributed by atoms with Crippen LogP contribution in [-0.4, -0.2) is 18.2 Å². The molecule has 1 heterocycles. The Bertz CT molecular complexity index is 161. The summed E-state index contributed by atoms with van der Waals surface area (Å²) >= 11 is 0. The van der Waals surface area contributed by atoms with Gasteiger partial charge in [0.2, 0.25) is 0 Å². The molecule has 2 fully saturated rings. The Morgan fingerprint density at radius 3 is 2.60 bits per heavy atom. The Hall–Kier alpha value is -0.730. The molecule has 0 aromatic heterocycles. The van der Waals surface area contributed by atoms with Gasteiger partial charge in [0.15, 0.2) is 0 Å². The van der Waals surface area contributed by atoms with Crippen LogP contribution < -0.4 is 5.32 Å². The summed E-state index contributed by atoms with van der Waals surface area (Å²) < 4.78 is 5.16. The summed E-state index contributed by atoms with van der Waals surface area (Å²) in [7, 11) is 0. The largest absolute Gasteiger partial charge is 0.441 e. The van der Waals surface area contributed by atoms with Crippen LogP contribution in [0.2, 0.25) is 0 Å². The summed E-state index contributed by atoms with van der Waals surface area (Å²) in [6, 6.07) is 0. The van der Waals surface area contributed by atoms with Crippen LogP contribution in [0.15, 0.2) is 0 Å². The minimum Gasteiger partial charge on any atom is -0.441 e.